The van der Waals surface area contributed by atoms with E-state index in [2.05, 4.69) is 5.32 Å². The molecule has 0 spiro atoms. The van der Waals surface area contributed by atoms with Gasteiger partial charge in [-0.1, -0.05) is 36.4 Å². The van der Waals surface area contributed by atoms with Crippen molar-refractivity contribution >= 4 is 44.2 Å². The Bertz CT molecular complexity index is 1140. The average Bonchev–Trinajstić information content (AvgIpc) is 2.79. The number of fused-ring (bicyclic) bond motifs is 1. The molecule has 1 N–H and O–H groups in total. The van der Waals surface area contributed by atoms with E-state index in [1.807, 2.05) is 37.4 Å². The summed E-state index contributed by atoms with van der Waals surface area (Å²) in [6.45, 7) is 2.47. The zero-order chi connectivity index (χ0) is 23.0. The third-order valence-electron chi connectivity index (χ3n) is 4.89. The Morgan fingerprint density at radius 1 is 1.03 bits per heavy atom. The number of benzene rings is 3. The van der Waals surface area contributed by atoms with E-state index in [1.54, 1.807) is 54.2 Å². The van der Waals surface area contributed by atoms with Crippen LogP contribution < -0.4 is 10.1 Å². The minimum atomic E-state index is -3.87. The molecule has 0 saturated carbocycles. The topological polar surface area (TPSA) is 75.7 Å². The van der Waals surface area contributed by atoms with Gasteiger partial charge in [-0.25, -0.2) is 8.42 Å². The van der Waals surface area contributed by atoms with Crippen molar-refractivity contribution in [3.8, 4) is 5.75 Å². The van der Waals surface area contributed by atoms with Gasteiger partial charge in [0.1, 0.15) is 5.75 Å². The Kier molecular flexibility index (Phi) is 8.55. The quantitative estimate of drug-likeness (QED) is 0.412. The summed E-state index contributed by atoms with van der Waals surface area (Å²) in [5, 5.41) is 4.28. The predicted molar refractivity (Wildman–Crippen MR) is 132 cm³/mol. The first kappa shape index (κ1) is 24.1. The molecule has 0 aromatic heterocycles. The molecule has 0 unspecified atom stereocenters. The molecule has 0 aliphatic carbocycles. The molecule has 32 heavy (non-hydrogen) atoms. The number of anilines is 1. The Labute approximate surface area is 194 Å². The highest BCUT2D eigenvalue weighted by Crippen LogP contribution is 2.26. The second-order valence-corrected chi connectivity index (χ2v) is 10.1. The van der Waals surface area contributed by atoms with Crippen molar-refractivity contribution in [3.63, 3.8) is 0 Å². The predicted octanol–water partition coefficient (Wildman–Crippen LogP) is 4.62. The monoisotopic (exact) mass is 472 g/mol. The summed E-state index contributed by atoms with van der Waals surface area (Å²) >= 11 is 1.65. The van der Waals surface area contributed by atoms with Crippen molar-refractivity contribution in [2.24, 2.45) is 0 Å². The van der Waals surface area contributed by atoms with Crippen LogP contribution in [0.1, 0.15) is 13.3 Å². The number of amides is 1. The van der Waals surface area contributed by atoms with E-state index in [4.69, 9.17) is 4.74 Å². The van der Waals surface area contributed by atoms with Gasteiger partial charge in [0.05, 0.1) is 18.0 Å². The average molecular weight is 473 g/mol. The number of nitrogens with zero attached hydrogens (tertiary/aromatic N) is 1. The van der Waals surface area contributed by atoms with Gasteiger partial charge in [0.2, 0.25) is 15.9 Å². The zero-order valence-electron chi connectivity index (χ0n) is 18.3. The summed E-state index contributed by atoms with van der Waals surface area (Å²) in [5.74, 6) is 1.13. The van der Waals surface area contributed by atoms with Crippen LogP contribution >= 0.6 is 11.8 Å². The SMILES string of the molecule is CCOc1ccc(NC(=O)CN(CCCSC)S(=O)(=O)c2cccc3ccccc23)cc1. The highest BCUT2D eigenvalue weighted by atomic mass is 32.2. The number of carbonyl (C=O) groups excluding carboxylic acids is 1. The first-order chi connectivity index (χ1) is 15.5. The minimum absolute atomic E-state index is 0.216. The maximum atomic E-state index is 13.6. The molecule has 0 heterocycles. The van der Waals surface area contributed by atoms with E-state index < -0.39 is 10.0 Å². The lowest BCUT2D eigenvalue weighted by Gasteiger charge is -2.22. The summed E-state index contributed by atoms with van der Waals surface area (Å²) in [7, 11) is -3.87. The molecule has 1 amide bonds. The largest absolute Gasteiger partial charge is 0.494 e. The molecule has 3 aromatic carbocycles. The van der Waals surface area contributed by atoms with E-state index in [0.717, 1.165) is 11.1 Å². The van der Waals surface area contributed by atoms with Crippen LogP contribution in [-0.2, 0) is 14.8 Å². The molecular weight excluding hydrogens is 444 g/mol. The van der Waals surface area contributed by atoms with Crippen molar-refractivity contribution in [2.45, 2.75) is 18.2 Å². The van der Waals surface area contributed by atoms with Crippen LogP contribution in [0.5, 0.6) is 5.75 Å². The normalized spacial score (nSPS) is 11.6. The second-order valence-electron chi connectivity index (χ2n) is 7.17. The Balaban J connectivity index is 1.82. The Morgan fingerprint density at radius 3 is 2.47 bits per heavy atom. The van der Waals surface area contributed by atoms with Crippen LogP contribution in [0.2, 0.25) is 0 Å². The molecule has 0 saturated heterocycles. The minimum Gasteiger partial charge on any atom is -0.494 e. The number of ether oxygens (including phenoxy) is 1. The van der Waals surface area contributed by atoms with E-state index in [-0.39, 0.29) is 23.9 Å². The van der Waals surface area contributed by atoms with Crippen LogP contribution in [0.3, 0.4) is 0 Å². The van der Waals surface area contributed by atoms with Gasteiger partial charge in [0.15, 0.2) is 0 Å². The van der Waals surface area contributed by atoms with E-state index in [9.17, 15) is 13.2 Å². The molecular formula is C24H28N2O4S2. The van der Waals surface area contributed by atoms with Gasteiger partial charge in [0.25, 0.3) is 0 Å². The molecule has 3 rings (SSSR count). The number of carbonyl (C=O) groups is 1. The van der Waals surface area contributed by atoms with Crippen molar-refractivity contribution in [2.75, 3.05) is 37.0 Å². The molecule has 170 valence electrons. The lowest BCUT2D eigenvalue weighted by molar-refractivity contribution is -0.116. The molecule has 0 aliphatic heterocycles. The maximum absolute atomic E-state index is 13.6. The standard InChI is InChI=1S/C24H28N2O4S2/c1-3-30-21-14-12-20(13-15-21)25-24(27)18-26(16-7-17-31-2)32(28,29)23-11-6-9-19-8-4-5-10-22(19)23/h4-6,8-15H,3,7,16-18H2,1-2H3,(H,25,27). The third-order valence-corrected chi connectivity index (χ3v) is 7.49. The summed E-state index contributed by atoms with van der Waals surface area (Å²) in [4.78, 5) is 13.0. The second kappa shape index (κ2) is 11.4. The van der Waals surface area contributed by atoms with Crippen LogP contribution in [0.25, 0.3) is 10.8 Å². The molecule has 0 aliphatic rings. The molecule has 0 atom stereocenters. The van der Waals surface area contributed by atoms with Crippen LogP contribution in [-0.4, -0.2) is 50.3 Å². The fraction of sp³-hybridized carbons (Fsp3) is 0.292. The number of sulfonamides is 1. The van der Waals surface area contributed by atoms with Gasteiger partial charge < -0.3 is 10.1 Å². The third kappa shape index (κ3) is 6.03. The zero-order valence-corrected chi connectivity index (χ0v) is 19.9. The lowest BCUT2D eigenvalue weighted by Crippen LogP contribution is -2.39. The summed E-state index contributed by atoms with van der Waals surface area (Å²) in [6, 6.07) is 19.6. The number of hydrogen-bond donors (Lipinski definition) is 1. The van der Waals surface area contributed by atoms with Crippen molar-refractivity contribution < 1.29 is 17.9 Å². The van der Waals surface area contributed by atoms with Gasteiger partial charge in [0, 0.05) is 17.6 Å². The molecule has 0 fully saturated rings. The highest BCUT2D eigenvalue weighted by Gasteiger charge is 2.28. The van der Waals surface area contributed by atoms with E-state index >= 15 is 0 Å². The molecule has 3 aromatic rings. The van der Waals surface area contributed by atoms with Crippen LogP contribution in [0.15, 0.2) is 71.6 Å². The summed E-state index contributed by atoms with van der Waals surface area (Å²) in [5.41, 5.74) is 0.588. The molecule has 8 heteroatoms. The van der Waals surface area contributed by atoms with Gasteiger partial charge in [-0.3, -0.25) is 4.79 Å². The molecule has 6 nitrogen and oxygen atoms in total. The Hall–Kier alpha value is -2.55. The van der Waals surface area contributed by atoms with E-state index in [1.165, 1.54) is 4.31 Å². The molecule has 0 bridgehead atoms. The number of rotatable bonds is 11. The van der Waals surface area contributed by atoms with Gasteiger partial charge in [-0.15, -0.1) is 0 Å². The summed E-state index contributed by atoms with van der Waals surface area (Å²) in [6.07, 6.45) is 2.63. The summed E-state index contributed by atoms with van der Waals surface area (Å²) < 4.78 is 33.8. The first-order valence-corrected chi connectivity index (χ1v) is 13.3. The van der Waals surface area contributed by atoms with E-state index in [0.29, 0.717) is 29.9 Å². The van der Waals surface area contributed by atoms with Crippen molar-refractivity contribution in [1.29, 1.82) is 0 Å². The van der Waals surface area contributed by atoms with Gasteiger partial charge in [-0.2, -0.15) is 16.1 Å². The van der Waals surface area contributed by atoms with Gasteiger partial charge >= 0.3 is 0 Å². The highest BCUT2D eigenvalue weighted by molar-refractivity contribution is 7.98. The number of thioether (sulfide) groups is 1. The fourth-order valence-corrected chi connectivity index (χ4v) is 5.46. The first-order valence-electron chi connectivity index (χ1n) is 10.4. The lowest BCUT2D eigenvalue weighted by atomic mass is 10.1. The van der Waals surface area contributed by atoms with Gasteiger partial charge in [-0.05, 0) is 61.1 Å². The number of nitrogens with one attached hydrogen (secondary N) is 1. The van der Waals surface area contributed by atoms with Crippen molar-refractivity contribution in [1.82, 2.24) is 4.31 Å². The van der Waals surface area contributed by atoms with Crippen LogP contribution in [0.4, 0.5) is 5.69 Å². The maximum Gasteiger partial charge on any atom is 0.244 e. The number of hydrogen-bond acceptors (Lipinski definition) is 5. The van der Waals surface area contributed by atoms with Crippen LogP contribution in [0, 0.1) is 0 Å². The smallest absolute Gasteiger partial charge is 0.244 e. The Morgan fingerprint density at radius 2 is 1.75 bits per heavy atom. The molecule has 0 radical (unpaired) electrons. The fourth-order valence-electron chi connectivity index (χ4n) is 3.39. The van der Waals surface area contributed by atoms with Crippen molar-refractivity contribution in [3.05, 3.63) is 66.7 Å².